The van der Waals surface area contributed by atoms with Crippen molar-refractivity contribution in [1.29, 1.82) is 0 Å². The Hall–Kier alpha value is -3.02. The third-order valence-electron chi connectivity index (χ3n) is 6.99. The molecule has 2 fully saturated rings. The zero-order valence-electron chi connectivity index (χ0n) is 20.3. The van der Waals surface area contributed by atoms with E-state index in [-0.39, 0.29) is 43.2 Å². The van der Waals surface area contributed by atoms with Crippen molar-refractivity contribution < 1.29 is 29.1 Å². The minimum atomic E-state index is -3.63. The van der Waals surface area contributed by atoms with E-state index < -0.39 is 48.5 Å². The normalized spacial score (nSPS) is 28.9. The van der Waals surface area contributed by atoms with Gasteiger partial charge in [0.2, 0.25) is 5.95 Å². The summed E-state index contributed by atoms with van der Waals surface area (Å²) in [6.45, 7) is -4.14. The van der Waals surface area contributed by atoms with Gasteiger partial charge in [-0.3, -0.25) is 14.3 Å². The number of rotatable bonds is 7. The van der Waals surface area contributed by atoms with E-state index in [2.05, 4.69) is 24.9 Å². The molecule has 2 aliphatic rings. The molecule has 4 aromatic rings. The minimum absolute atomic E-state index is 0.0317. The smallest absolute Gasteiger partial charge is 0.280 e. The van der Waals surface area contributed by atoms with Crippen molar-refractivity contribution in [3.05, 3.63) is 35.3 Å². The van der Waals surface area contributed by atoms with Crippen LogP contribution in [0, 0.1) is 0 Å². The molecule has 16 nitrogen and oxygen atoms in total. The third-order valence-corrected chi connectivity index (χ3v) is 9.94. The van der Waals surface area contributed by atoms with Gasteiger partial charge in [-0.25, -0.2) is 15.0 Å². The van der Waals surface area contributed by atoms with E-state index in [0.29, 0.717) is 16.9 Å². The molecule has 18 heteroatoms. The van der Waals surface area contributed by atoms with Gasteiger partial charge >= 0.3 is 0 Å². The van der Waals surface area contributed by atoms with E-state index in [4.69, 9.17) is 37.3 Å². The molecular formula is C21H26N9O7PS. The maximum atomic E-state index is 12.2. The van der Waals surface area contributed by atoms with Crippen molar-refractivity contribution in [2.24, 2.45) is 0 Å². The average molecular weight is 580 g/mol. The second-order valence-electron chi connectivity index (χ2n) is 9.42. The van der Waals surface area contributed by atoms with Crippen LogP contribution in [0.1, 0.15) is 25.3 Å². The second kappa shape index (κ2) is 9.87. The van der Waals surface area contributed by atoms with Gasteiger partial charge in [0.15, 0.2) is 17.7 Å². The fourth-order valence-electron chi connectivity index (χ4n) is 5.06. The van der Waals surface area contributed by atoms with Crippen molar-refractivity contribution in [2.75, 3.05) is 24.7 Å². The molecule has 0 bridgehead atoms. The van der Waals surface area contributed by atoms with Gasteiger partial charge in [0.05, 0.1) is 42.8 Å². The average Bonchev–Trinajstić information content (AvgIpc) is 3.67. The molecule has 0 aliphatic carbocycles. The highest BCUT2D eigenvalue weighted by Gasteiger charge is 2.47. The molecule has 0 aromatic carbocycles. The Morgan fingerprint density at radius 3 is 2.82 bits per heavy atom. The summed E-state index contributed by atoms with van der Waals surface area (Å²) < 4.78 is 21.0. The van der Waals surface area contributed by atoms with Crippen LogP contribution in [-0.4, -0.2) is 86.3 Å². The van der Waals surface area contributed by atoms with Gasteiger partial charge in [-0.05, 0) is 24.3 Å². The second-order valence-corrected chi connectivity index (χ2v) is 13.0. The maximum absolute atomic E-state index is 12.2. The van der Waals surface area contributed by atoms with E-state index in [1.165, 1.54) is 17.2 Å². The molecule has 208 valence electrons. The molecular weight excluding hydrogens is 553 g/mol. The SMILES string of the molecule is Nc1nc2c(ncn2[C@@H]2OC(CO)C[C@H]2P(O)(=S)OCC2O[C@@H](n3ccc4c(N)ncnc43)C[C@@H]2O)c(=O)[nH]1. The number of nitrogens with zero attached hydrogens (tertiary/aromatic N) is 6. The zero-order valence-corrected chi connectivity index (χ0v) is 22.0. The molecule has 0 radical (unpaired) electrons. The van der Waals surface area contributed by atoms with Crippen molar-refractivity contribution in [3.8, 4) is 0 Å². The van der Waals surface area contributed by atoms with E-state index in [1.807, 2.05) is 0 Å². The van der Waals surface area contributed by atoms with Crippen LogP contribution < -0.4 is 17.0 Å². The Bertz CT molecular complexity index is 1640. The lowest BCUT2D eigenvalue weighted by molar-refractivity contribution is -0.0393. The molecule has 2 saturated heterocycles. The van der Waals surface area contributed by atoms with Crippen LogP contribution in [0.25, 0.3) is 22.2 Å². The molecule has 6 heterocycles. The van der Waals surface area contributed by atoms with Gasteiger partial charge < -0.3 is 45.1 Å². The summed E-state index contributed by atoms with van der Waals surface area (Å²) in [5, 5.41) is 21.1. The van der Waals surface area contributed by atoms with Crippen LogP contribution in [0.5, 0.6) is 0 Å². The number of H-pyrrole nitrogens is 1. The van der Waals surface area contributed by atoms with Gasteiger partial charge in [-0.15, -0.1) is 0 Å². The lowest BCUT2D eigenvalue weighted by Crippen LogP contribution is -2.28. The highest BCUT2D eigenvalue weighted by Crippen LogP contribution is 2.57. The molecule has 3 unspecified atom stereocenters. The minimum Gasteiger partial charge on any atom is -0.394 e. The monoisotopic (exact) mass is 579 g/mol. The summed E-state index contributed by atoms with van der Waals surface area (Å²) in [6.07, 6.45) is 1.05. The predicted octanol–water partition coefficient (Wildman–Crippen LogP) is -0.656. The number of ether oxygens (including phenoxy) is 2. The van der Waals surface area contributed by atoms with Crippen molar-refractivity contribution in [3.63, 3.8) is 0 Å². The maximum Gasteiger partial charge on any atom is 0.280 e. The van der Waals surface area contributed by atoms with Crippen LogP contribution in [0.4, 0.5) is 11.8 Å². The topological polar surface area (TPSA) is 235 Å². The van der Waals surface area contributed by atoms with Crippen LogP contribution in [0.15, 0.2) is 29.7 Å². The lowest BCUT2D eigenvalue weighted by atomic mass is 10.2. The Morgan fingerprint density at radius 2 is 2.03 bits per heavy atom. The van der Waals surface area contributed by atoms with Crippen LogP contribution in [-0.2, 0) is 25.8 Å². The molecule has 0 spiro atoms. The van der Waals surface area contributed by atoms with E-state index >= 15 is 0 Å². The number of aliphatic hydroxyl groups excluding tert-OH is 2. The lowest BCUT2D eigenvalue weighted by Gasteiger charge is -2.28. The number of hydrogen-bond acceptors (Lipinski definition) is 13. The highest BCUT2D eigenvalue weighted by molar-refractivity contribution is 8.09. The number of imidazole rings is 1. The Morgan fingerprint density at radius 1 is 1.21 bits per heavy atom. The first-order valence-corrected chi connectivity index (χ1v) is 14.8. The number of aromatic nitrogens is 7. The highest BCUT2D eigenvalue weighted by atomic mass is 32.5. The number of aliphatic hydroxyl groups is 2. The van der Waals surface area contributed by atoms with Crippen molar-refractivity contribution in [2.45, 2.75) is 49.3 Å². The number of nitrogens with two attached hydrogens (primary N) is 2. The number of anilines is 2. The fraction of sp³-hybridized carbons (Fsp3) is 0.476. The summed E-state index contributed by atoms with van der Waals surface area (Å²) in [6, 6.07) is 1.77. The Balaban J connectivity index is 1.20. The van der Waals surface area contributed by atoms with Gasteiger partial charge in [0.25, 0.3) is 5.56 Å². The summed E-state index contributed by atoms with van der Waals surface area (Å²) in [5.74, 6) is 0.217. The third kappa shape index (κ3) is 4.60. The van der Waals surface area contributed by atoms with E-state index in [9.17, 15) is 19.9 Å². The van der Waals surface area contributed by atoms with Gasteiger partial charge in [0.1, 0.15) is 36.4 Å². The Kier molecular flexibility index (Phi) is 6.63. The van der Waals surface area contributed by atoms with Gasteiger partial charge in [-0.1, -0.05) is 0 Å². The van der Waals surface area contributed by atoms with Crippen LogP contribution in [0.3, 0.4) is 0 Å². The molecule has 0 amide bonds. The molecule has 39 heavy (non-hydrogen) atoms. The summed E-state index contributed by atoms with van der Waals surface area (Å²) in [4.78, 5) is 42.5. The first kappa shape index (κ1) is 26.2. The standard InChI is InChI=1S/C21H26N9O7PS/c22-16-10-1-2-29(17(10)25-7-24-16)14-4-11(32)12(37-14)6-35-38(34,39)13-3-9(5-31)36-20(13)30-8-26-15-18(30)27-21(23)28-19(15)33/h1-2,7-9,11-14,20,31-32H,3-6H2,(H,34,39)(H2,22,24,25)(H3,23,27,28,33)/t9?,11-,12?,13+,14+,20+,38?/m0/s1. The summed E-state index contributed by atoms with van der Waals surface area (Å²) in [7, 11) is 0. The summed E-state index contributed by atoms with van der Waals surface area (Å²) in [5.41, 5.74) is 11.1. The predicted molar refractivity (Wildman–Crippen MR) is 141 cm³/mol. The quantitative estimate of drug-likeness (QED) is 0.149. The Labute approximate surface area is 224 Å². The number of nitrogens with one attached hydrogen (secondary N) is 1. The number of fused-ring (bicyclic) bond motifs is 2. The molecule has 7 atom stereocenters. The number of aromatic amines is 1. The fourth-order valence-corrected chi connectivity index (χ4v) is 7.40. The van der Waals surface area contributed by atoms with Crippen LogP contribution in [0.2, 0.25) is 0 Å². The first-order chi connectivity index (χ1) is 18.7. The molecule has 2 aliphatic heterocycles. The summed E-state index contributed by atoms with van der Waals surface area (Å²) >= 11 is 5.55. The molecule has 4 aromatic heterocycles. The van der Waals surface area contributed by atoms with Crippen molar-refractivity contribution in [1.82, 2.24) is 34.1 Å². The van der Waals surface area contributed by atoms with Crippen LogP contribution >= 0.6 is 6.49 Å². The molecule has 6 rings (SSSR count). The largest absolute Gasteiger partial charge is 0.394 e. The zero-order chi connectivity index (χ0) is 27.5. The van der Waals surface area contributed by atoms with Crippen molar-refractivity contribution >= 4 is 52.3 Å². The van der Waals surface area contributed by atoms with Gasteiger partial charge in [-0.2, -0.15) is 4.98 Å². The van der Waals surface area contributed by atoms with E-state index in [0.717, 1.165) is 0 Å². The first-order valence-electron chi connectivity index (χ1n) is 12.0. The van der Waals surface area contributed by atoms with E-state index in [1.54, 1.807) is 16.8 Å². The van der Waals surface area contributed by atoms with Gasteiger partial charge in [0, 0.05) is 12.6 Å². The number of hydrogen-bond donors (Lipinski definition) is 6. The number of nitrogen functional groups attached to an aromatic ring is 2. The molecule has 8 N–H and O–H groups in total. The molecule has 0 saturated carbocycles.